The summed E-state index contributed by atoms with van der Waals surface area (Å²) in [5.74, 6) is 0.747. The number of hydrogen-bond donors (Lipinski definition) is 0. The number of rotatable bonds is 5. The van der Waals surface area contributed by atoms with Crippen molar-refractivity contribution in [1.29, 1.82) is 0 Å². The lowest BCUT2D eigenvalue weighted by Gasteiger charge is -1.99. The molecule has 2 aromatic rings. The minimum Gasteiger partial charge on any atom is -0.298 e. The molecule has 0 bridgehead atoms. The van der Waals surface area contributed by atoms with Gasteiger partial charge in [0.1, 0.15) is 5.78 Å². The van der Waals surface area contributed by atoms with Crippen LogP contribution in [0.2, 0.25) is 4.34 Å². The lowest BCUT2D eigenvalue weighted by atomic mass is 10.3. The van der Waals surface area contributed by atoms with Gasteiger partial charge in [-0.3, -0.25) is 4.79 Å². The van der Waals surface area contributed by atoms with E-state index in [1.54, 1.807) is 11.8 Å². The van der Waals surface area contributed by atoms with Gasteiger partial charge in [0.25, 0.3) is 0 Å². The van der Waals surface area contributed by atoms with Crippen LogP contribution >= 0.6 is 34.7 Å². The molecule has 0 amide bonds. The molecule has 2 rings (SSSR count). The smallest absolute Gasteiger partial charge is 0.148 e. The van der Waals surface area contributed by atoms with E-state index in [0.717, 1.165) is 14.1 Å². The van der Waals surface area contributed by atoms with Crippen molar-refractivity contribution in [3.05, 3.63) is 51.7 Å². The quantitative estimate of drug-likeness (QED) is 0.761. The Morgan fingerprint density at radius 1 is 1.18 bits per heavy atom. The maximum absolute atomic E-state index is 11.7. The first-order chi connectivity index (χ1) is 8.24. The van der Waals surface area contributed by atoms with Crippen molar-refractivity contribution in [2.24, 2.45) is 0 Å². The van der Waals surface area contributed by atoms with E-state index >= 15 is 0 Å². The topological polar surface area (TPSA) is 17.1 Å². The van der Waals surface area contributed by atoms with E-state index < -0.39 is 0 Å². The van der Waals surface area contributed by atoms with Gasteiger partial charge in [0.05, 0.1) is 10.1 Å². The van der Waals surface area contributed by atoms with E-state index in [0.29, 0.717) is 12.2 Å². The Balaban J connectivity index is 1.82. The summed E-state index contributed by atoms with van der Waals surface area (Å²) >= 11 is 8.87. The molecular weight excluding hydrogens is 272 g/mol. The van der Waals surface area contributed by atoms with Crippen LogP contribution in [0.1, 0.15) is 4.88 Å². The van der Waals surface area contributed by atoms with E-state index in [4.69, 9.17) is 11.6 Å². The summed E-state index contributed by atoms with van der Waals surface area (Å²) in [7, 11) is 0. The van der Waals surface area contributed by atoms with Gasteiger partial charge in [-0.15, -0.1) is 23.1 Å². The van der Waals surface area contributed by atoms with Gasteiger partial charge in [-0.05, 0) is 24.3 Å². The van der Waals surface area contributed by atoms with Crippen LogP contribution < -0.4 is 0 Å². The van der Waals surface area contributed by atoms with E-state index in [1.807, 2.05) is 42.5 Å². The van der Waals surface area contributed by atoms with Gasteiger partial charge in [-0.2, -0.15) is 0 Å². The van der Waals surface area contributed by atoms with E-state index in [9.17, 15) is 4.79 Å². The molecule has 17 heavy (non-hydrogen) atoms. The Morgan fingerprint density at radius 2 is 1.94 bits per heavy atom. The molecule has 0 spiro atoms. The minimum atomic E-state index is 0.234. The number of hydrogen-bond acceptors (Lipinski definition) is 3. The first-order valence-corrected chi connectivity index (χ1v) is 7.36. The maximum atomic E-state index is 11.7. The summed E-state index contributed by atoms with van der Waals surface area (Å²) in [6.45, 7) is 0. The first-order valence-electron chi connectivity index (χ1n) is 5.18. The van der Waals surface area contributed by atoms with E-state index in [1.165, 1.54) is 11.3 Å². The Labute approximate surface area is 114 Å². The number of benzene rings is 1. The molecule has 88 valence electrons. The standard InChI is InChI=1S/C13H11ClOS2/c14-13-7-6-12(17-13)8-10(15)9-16-11-4-2-1-3-5-11/h1-7H,8-9H2. The molecule has 0 aliphatic carbocycles. The highest BCUT2D eigenvalue weighted by molar-refractivity contribution is 8.00. The maximum Gasteiger partial charge on any atom is 0.148 e. The zero-order chi connectivity index (χ0) is 12.1. The SMILES string of the molecule is O=C(CSc1ccccc1)Cc1ccc(Cl)s1. The van der Waals surface area contributed by atoms with Gasteiger partial charge in [0, 0.05) is 16.2 Å². The number of thioether (sulfide) groups is 1. The molecule has 0 aliphatic rings. The number of carbonyl (C=O) groups excluding carboxylic acids is 1. The third kappa shape index (κ3) is 4.19. The minimum absolute atomic E-state index is 0.234. The van der Waals surface area contributed by atoms with Crippen molar-refractivity contribution in [1.82, 2.24) is 0 Å². The summed E-state index contributed by atoms with van der Waals surface area (Å²) in [4.78, 5) is 13.9. The zero-order valence-corrected chi connectivity index (χ0v) is 11.4. The summed E-state index contributed by atoms with van der Waals surface area (Å²) in [5.41, 5.74) is 0. The Kier molecular flexibility index (Phi) is 4.66. The highest BCUT2D eigenvalue weighted by atomic mass is 35.5. The van der Waals surface area contributed by atoms with Crippen molar-refractivity contribution >= 4 is 40.5 Å². The van der Waals surface area contributed by atoms with Crippen LogP contribution in [0, 0.1) is 0 Å². The van der Waals surface area contributed by atoms with Crippen molar-refractivity contribution < 1.29 is 4.79 Å². The summed E-state index contributed by atoms with van der Waals surface area (Å²) < 4.78 is 0.739. The van der Waals surface area contributed by atoms with Crippen molar-refractivity contribution in [2.75, 3.05) is 5.75 Å². The van der Waals surface area contributed by atoms with Crippen molar-refractivity contribution in [3.8, 4) is 0 Å². The second-order valence-corrected chi connectivity index (χ2v) is 6.37. The van der Waals surface area contributed by atoms with Gasteiger partial charge in [0.2, 0.25) is 0 Å². The number of thiophene rings is 1. The average molecular weight is 283 g/mol. The van der Waals surface area contributed by atoms with Gasteiger partial charge < -0.3 is 0 Å². The molecular formula is C13H11ClOS2. The molecule has 0 saturated carbocycles. The summed E-state index contributed by atoms with van der Waals surface area (Å²) in [6, 6.07) is 13.7. The monoisotopic (exact) mass is 282 g/mol. The molecule has 1 aromatic heterocycles. The molecule has 0 N–H and O–H groups in total. The summed E-state index contributed by atoms with van der Waals surface area (Å²) in [5, 5.41) is 0. The van der Waals surface area contributed by atoms with E-state index in [-0.39, 0.29) is 5.78 Å². The van der Waals surface area contributed by atoms with Crippen molar-refractivity contribution in [2.45, 2.75) is 11.3 Å². The first kappa shape index (κ1) is 12.7. The lowest BCUT2D eigenvalue weighted by Crippen LogP contribution is -2.04. The third-order valence-electron chi connectivity index (χ3n) is 2.14. The highest BCUT2D eigenvalue weighted by Gasteiger charge is 2.06. The molecule has 0 unspecified atom stereocenters. The summed E-state index contributed by atoms with van der Waals surface area (Å²) in [6.07, 6.45) is 0.483. The van der Waals surface area contributed by atoms with Crippen LogP contribution in [0.25, 0.3) is 0 Å². The molecule has 0 aliphatic heterocycles. The molecule has 0 fully saturated rings. The van der Waals surface area contributed by atoms with Crippen LogP contribution in [0.15, 0.2) is 47.4 Å². The van der Waals surface area contributed by atoms with Crippen LogP contribution in [-0.2, 0) is 11.2 Å². The molecule has 0 atom stereocenters. The molecule has 4 heteroatoms. The van der Waals surface area contributed by atoms with Crippen molar-refractivity contribution in [3.63, 3.8) is 0 Å². The number of halogens is 1. The van der Waals surface area contributed by atoms with Crippen LogP contribution in [0.4, 0.5) is 0 Å². The number of carbonyl (C=O) groups is 1. The van der Waals surface area contributed by atoms with Crippen LogP contribution in [0.5, 0.6) is 0 Å². The highest BCUT2D eigenvalue weighted by Crippen LogP contribution is 2.23. The Morgan fingerprint density at radius 3 is 2.59 bits per heavy atom. The predicted octanol–water partition coefficient (Wildman–Crippen LogP) is 4.31. The fourth-order valence-corrected chi connectivity index (χ4v) is 3.27. The van der Waals surface area contributed by atoms with Gasteiger partial charge in [0.15, 0.2) is 0 Å². The fourth-order valence-electron chi connectivity index (χ4n) is 1.37. The largest absolute Gasteiger partial charge is 0.298 e. The molecule has 1 nitrogen and oxygen atoms in total. The van der Waals surface area contributed by atoms with Gasteiger partial charge in [-0.25, -0.2) is 0 Å². The lowest BCUT2D eigenvalue weighted by molar-refractivity contribution is -0.115. The Hall–Kier alpha value is -0.770. The molecule has 0 radical (unpaired) electrons. The zero-order valence-electron chi connectivity index (χ0n) is 9.06. The predicted molar refractivity (Wildman–Crippen MR) is 75.2 cm³/mol. The third-order valence-corrected chi connectivity index (χ3v) is 4.45. The van der Waals surface area contributed by atoms with Crippen LogP contribution in [0.3, 0.4) is 0 Å². The average Bonchev–Trinajstić information content (AvgIpc) is 2.73. The normalized spacial score (nSPS) is 10.4. The molecule has 0 saturated heterocycles. The van der Waals surface area contributed by atoms with Crippen LogP contribution in [-0.4, -0.2) is 11.5 Å². The number of Topliss-reactive ketones (excluding diaryl/α,β-unsaturated/α-hetero) is 1. The Bertz CT molecular complexity index is 493. The fraction of sp³-hybridized carbons (Fsp3) is 0.154. The number of ketones is 1. The molecule has 1 aromatic carbocycles. The second kappa shape index (κ2) is 6.24. The van der Waals surface area contributed by atoms with Gasteiger partial charge in [-0.1, -0.05) is 29.8 Å². The van der Waals surface area contributed by atoms with Gasteiger partial charge >= 0.3 is 0 Å². The second-order valence-electron chi connectivity index (χ2n) is 3.52. The molecule has 1 heterocycles. The van der Waals surface area contributed by atoms with E-state index in [2.05, 4.69) is 0 Å².